The van der Waals surface area contributed by atoms with Gasteiger partial charge in [0.25, 0.3) is 0 Å². The maximum Gasteiger partial charge on any atom is 0.313 e. The first kappa shape index (κ1) is 12.7. The van der Waals surface area contributed by atoms with E-state index in [1.165, 1.54) is 0 Å². The number of ether oxygens (including phenoxy) is 1. The van der Waals surface area contributed by atoms with Gasteiger partial charge in [0.05, 0.1) is 18.7 Å². The molecule has 1 atom stereocenters. The molecule has 0 amide bonds. The predicted octanol–water partition coefficient (Wildman–Crippen LogP) is 2.35. The van der Waals surface area contributed by atoms with E-state index in [0.29, 0.717) is 6.61 Å². The number of esters is 1. The lowest BCUT2D eigenvalue weighted by Crippen LogP contribution is -2.15. The van der Waals surface area contributed by atoms with Gasteiger partial charge in [-0.1, -0.05) is 13.3 Å². The van der Waals surface area contributed by atoms with E-state index in [4.69, 9.17) is 4.74 Å². The number of hydrogen-bond acceptors (Lipinski definition) is 3. The monoisotopic (exact) mass is 224 g/mol. The molecule has 16 heavy (non-hydrogen) atoms. The van der Waals surface area contributed by atoms with Crippen LogP contribution >= 0.6 is 0 Å². The maximum absolute atomic E-state index is 11.8. The summed E-state index contributed by atoms with van der Waals surface area (Å²) in [6.45, 7) is 7.17. The summed E-state index contributed by atoms with van der Waals surface area (Å²) in [6, 6.07) is 0. The molecule has 0 aliphatic heterocycles. The van der Waals surface area contributed by atoms with Crippen LogP contribution in [0.2, 0.25) is 0 Å². The Labute approximate surface area is 96.6 Å². The van der Waals surface area contributed by atoms with Crippen LogP contribution in [0.1, 0.15) is 45.1 Å². The van der Waals surface area contributed by atoms with E-state index in [-0.39, 0.29) is 11.9 Å². The lowest BCUT2D eigenvalue weighted by Gasteiger charge is -2.12. The van der Waals surface area contributed by atoms with Crippen LogP contribution in [0.25, 0.3) is 0 Å². The molecular formula is C12H20N2O2. The third-order valence-electron chi connectivity index (χ3n) is 2.53. The van der Waals surface area contributed by atoms with E-state index in [2.05, 4.69) is 12.0 Å². The Morgan fingerprint density at radius 1 is 1.50 bits per heavy atom. The second-order valence-electron chi connectivity index (χ2n) is 3.72. The lowest BCUT2D eigenvalue weighted by molar-refractivity contribution is -0.145. The number of nitrogens with zero attached hydrogens (tertiary/aromatic N) is 2. The third kappa shape index (κ3) is 3.08. The molecule has 90 valence electrons. The summed E-state index contributed by atoms with van der Waals surface area (Å²) in [7, 11) is 0. The lowest BCUT2D eigenvalue weighted by atomic mass is 9.98. The van der Waals surface area contributed by atoms with Crippen molar-refractivity contribution in [1.29, 1.82) is 0 Å². The molecule has 0 fully saturated rings. The molecule has 4 nitrogen and oxygen atoms in total. The van der Waals surface area contributed by atoms with E-state index in [1.807, 2.05) is 24.7 Å². The summed E-state index contributed by atoms with van der Waals surface area (Å²) in [6.07, 6.45) is 5.47. The van der Waals surface area contributed by atoms with Gasteiger partial charge in [0.15, 0.2) is 0 Å². The first-order valence-corrected chi connectivity index (χ1v) is 5.91. The quantitative estimate of drug-likeness (QED) is 0.697. The molecule has 4 heteroatoms. The first-order chi connectivity index (χ1) is 7.72. The Hall–Kier alpha value is -1.32. The van der Waals surface area contributed by atoms with Gasteiger partial charge in [-0.3, -0.25) is 9.48 Å². The van der Waals surface area contributed by atoms with Crippen molar-refractivity contribution in [2.45, 2.75) is 46.1 Å². The molecule has 0 saturated carbocycles. The fourth-order valence-corrected chi connectivity index (χ4v) is 1.68. The molecule has 0 aromatic carbocycles. The second kappa shape index (κ2) is 6.30. The van der Waals surface area contributed by atoms with Gasteiger partial charge in [-0.2, -0.15) is 5.10 Å². The smallest absolute Gasteiger partial charge is 0.313 e. The van der Waals surface area contributed by atoms with Crippen LogP contribution in [0, 0.1) is 0 Å². The standard InChI is InChI=1S/C12H20N2O2/c1-4-7-11(12(15)16-6-3)10-8-13-14(5-2)9-10/h8-9,11H,4-7H2,1-3H3. The number of rotatable bonds is 6. The van der Waals surface area contributed by atoms with Crippen LogP contribution in [-0.4, -0.2) is 22.4 Å². The Balaban J connectivity index is 2.79. The molecule has 0 N–H and O–H groups in total. The highest BCUT2D eigenvalue weighted by Crippen LogP contribution is 2.22. The highest BCUT2D eigenvalue weighted by atomic mass is 16.5. The minimum Gasteiger partial charge on any atom is -0.466 e. The molecule has 1 rings (SSSR count). The van der Waals surface area contributed by atoms with Gasteiger partial charge in [-0.25, -0.2) is 0 Å². The summed E-state index contributed by atoms with van der Waals surface area (Å²) in [5.74, 6) is -0.301. The number of aryl methyl sites for hydroxylation is 1. The van der Waals surface area contributed by atoms with Gasteiger partial charge in [0.1, 0.15) is 0 Å². The van der Waals surface area contributed by atoms with Crippen LogP contribution in [0.15, 0.2) is 12.4 Å². The van der Waals surface area contributed by atoms with E-state index < -0.39 is 0 Å². The molecule has 1 heterocycles. The van der Waals surface area contributed by atoms with Crippen LogP contribution < -0.4 is 0 Å². The zero-order valence-corrected chi connectivity index (χ0v) is 10.3. The summed E-state index contributed by atoms with van der Waals surface area (Å²) >= 11 is 0. The van der Waals surface area contributed by atoms with E-state index in [9.17, 15) is 4.79 Å². The molecule has 1 aromatic rings. The van der Waals surface area contributed by atoms with Crippen LogP contribution in [-0.2, 0) is 16.1 Å². The number of hydrogen-bond donors (Lipinski definition) is 0. The molecule has 0 saturated heterocycles. The fraction of sp³-hybridized carbons (Fsp3) is 0.667. The third-order valence-corrected chi connectivity index (χ3v) is 2.53. The topological polar surface area (TPSA) is 44.1 Å². The van der Waals surface area contributed by atoms with Crippen molar-refractivity contribution in [3.63, 3.8) is 0 Å². The van der Waals surface area contributed by atoms with Gasteiger partial charge < -0.3 is 4.74 Å². The summed E-state index contributed by atoms with van der Waals surface area (Å²) in [4.78, 5) is 11.8. The van der Waals surface area contributed by atoms with E-state index in [0.717, 1.165) is 24.9 Å². The Morgan fingerprint density at radius 2 is 2.25 bits per heavy atom. The van der Waals surface area contributed by atoms with Gasteiger partial charge in [-0.15, -0.1) is 0 Å². The van der Waals surface area contributed by atoms with Crippen LogP contribution in [0.4, 0.5) is 0 Å². The van der Waals surface area contributed by atoms with Gasteiger partial charge >= 0.3 is 5.97 Å². The van der Waals surface area contributed by atoms with Crippen molar-refractivity contribution in [2.24, 2.45) is 0 Å². The SMILES string of the molecule is CCCC(C(=O)OCC)c1cnn(CC)c1. The average Bonchev–Trinajstić information content (AvgIpc) is 2.74. The van der Waals surface area contributed by atoms with Gasteiger partial charge in [0.2, 0.25) is 0 Å². The van der Waals surface area contributed by atoms with Crippen molar-refractivity contribution >= 4 is 5.97 Å². The molecular weight excluding hydrogens is 204 g/mol. The van der Waals surface area contributed by atoms with Gasteiger partial charge in [0, 0.05) is 18.3 Å². The maximum atomic E-state index is 11.8. The second-order valence-corrected chi connectivity index (χ2v) is 3.72. The predicted molar refractivity (Wildman–Crippen MR) is 62.2 cm³/mol. The van der Waals surface area contributed by atoms with Crippen molar-refractivity contribution in [1.82, 2.24) is 9.78 Å². The fourth-order valence-electron chi connectivity index (χ4n) is 1.68. The number of carbonyl (C=O) groups excluding carboxylic acids is 1. The van der Waals surface area contributed by atoms with Crippen molar-refractivity contribution in [2.75, 3.05) is 6.61 Å². The Kier molecular flexibility index (Phi) is 5.02. The summed E-state index contributed by atoms with van der Waals surface area (Å²) < 4.78 is 6.91. The normalized spacial score (nSPS) is 12.4. The minimum atomic E-state index is -0.162. The molecule has 0 bridgehead atoms. The summed E-state index contributed by atoms with van der Waals surface area (Å²) in [5, 5.41) is 4.19. The van der Waals surface area contributed by atoms with Crippen molar-refractivity contribution in [3.8, 4) is 0 Å². The first-order valence-electron chi connectivity index (χ1n) is 5.91. The number of carbonyl (C=O) groups is 1. The molecule has 0 aliphatic rings. The highest BCUT2D eigenvalue weighted by Gasteiger charge is 2.22. The van der Waals surface area contributed by atoms with E-state index >= 15 is 0 Å². The molecule has 1 unspecified atom stereocenters. The van der Waals surface area contributed by atoms with Crippen molar-refractivity contribution in [3.05, 3.63) is 18.0 Å². The van der Waals surface area contributed by atoms with Crippen LogP contribution in [0.5, 0.6) is 0 Å². The largest absolute Gasteiger partial charge is 0.466 e. The van der Waals surface area contributed by atoms with Crippen molar-refractivity contribution < 1.29 is 9.53 Å². The number of aromatic nitrogens is 2. The highest BCUT2D eigenvalue weighted by molar-refractivity contribution is 5.77. The zero-order valence-electron chi connectivity index (χ0n) is 10.3. The van der Waals surface area contributed by atoms with E-state index in [1.54, 1.807) is 6.20 Å². The molecule has 1 aromatic heterocycles. The summed E-state index contributed by atoms with van der Waals surface area (Å²) in [5.41, 5.74) is 0.960. The van der Waals surface area contributed by atoms with Crippen LogP contribution in [0.3, 0.4) is 0 Å². The molecule has 0 radical (unpaired) electrons. The minimum absolute atomic E-state index is 0.139. The molecule has 0 spiro atoms. The zero-order chi connectivity index (χ0) is 12.0. The molecule has 0 aliphatic carbocycles. The Bertz CT molecular complexity index is 334. The Morgan fingerprint density at radius 3 is 2.75 bits per heavy atom. The van der Waals surface area contributed by atoms with Gasteiger partial charge in [-0.05, 0) is 20.3 Å². The average molecular weight is 224 g/mol.